The second-order valence-corrected chi connectivity index (χ2v) is 6.20. The van der Waals surface area contributed by atoms with Crippen LogP contribution in [-0.2, 0) is 4.74 Å². The van der Waals surface area contributed by atoms with Gasteiger partial charge < -0.3 is 14.2 Å². The first-order valence-corrected chi connectivity index (χ1v) is 7.10. The molecule has 0 radical (unpaired) electrons. The second-order valence-electron chi connectivity index (χ2n) is 6.20. The summed E-state index contributed by atoms with van der Waals surface area (Å²) >= 11 is 0. The topological polar surface area (TPSA) is 44.8 Å². The summed E-state index contributed by atoms with van der Waals surface area (Å²) in [6, 6.07) is 5.33. The Hall–Kier alpha value is -1.55. The van der Waals surface area contributed by atoms with Crippen LogP contribution in [0.5, 0.6) is 11.5 Å². The van der Waals surface area contributed by atoms with Gasteiger partial charge in [-0.2, -0.15) is 0 Å². The number of benzene rings is 1. The molecular formula is C16H20O4. The molecule has 0 spiro atoms. The lowest BCUT2D eigenvalue weighted by molar-refractivity contribution is 0.00956. The molecular weight excluding hydrogens is 256 g/mol. The third kappa shape index (κ3) is 3.12. The molecule has 1 fully saturated rings. The van der Waals surface area contributed by atoms with Gasteiger partial charge in [-0.15, -0.1) is 0 Å². The van der Waals surface area contributed by atoms with Crippen LogP contribution in [0.4, 0.5) is 0 Å². The van der Waals surface area contributed by atoms with Crippen LogP contribution >= 0.6 is 0 Å². The smallest absolute Gasteiger partial charge is 0.189 e. The quantitative estimate of drug-likeness (QED) is 0.612. The van der Waals surface area contributed by atoms with E-state index in [9.17, 15) is 4.79 Å². The average molecular weight is 276 g/mol. The standard InChI is InChI=1S/C16H20O4/c1-16(2)8-14(17)13-6-5-12(7-15(13)20-16)19-10-18-9-11-3-4-11/h5-7,11H,3-4,8-10H2,1-2H3. The largest absolute Gasteiger partial charge is 0.486 e. The highest BCUT2D eigenvalue weighted by atomic mass is 16.7. The number of fused-ring (bicyclic) bond motifs is 1. The van der Waals surface area contributed by atoms with Gasteiger partial charge in [-0.1, -0.05) is 0 Å². The molecule has 3 rings (SSSR count). The fourth-order valence-electron chi connectivity index (χ4n) is 2.33. The fraction of sp³-hybridized carbons (Fsp3) is 0.562. The molecule has 1 aliphatic heterocycles. The van der Waals surface area contributed by atoms with Crippen molar-refractivity contribution < 1.29 is 19.0 Å². The zero-order valence-electron chi connectivity index (χ0n) is 12.0. The highest BCUT2D eigenvalue weighted by molar-refractivity contribution is 6.00. The zero-order valence-corrected chi connectivity index (χ0v) is 12.0. The Morgan fingerprint density at radius 3 is 2.90 bits per heavy atom. The van der Waals surface area contributed by atoms with Crippen LogP contribution in [0.1, 0.15) is 43.5 Å². The van der Waals surface area contributed by atoms with E-state index < -0.39 is 5.60 Å². The van der Waals surface area contributed by atoms with E-state index in [1.165, 1.54) is 12.8 Å². The Labute approximate surface area is 119 Å². The third-order valence-corrected chi connectivity index (χ3v) is 3.59. The minimum atomic E-state index is -0.453. The van der Waals surface area contributed by atoms with E-state index in [1.807, 2.05) is 13.8 Å². The first-order valence-electron chi connectivity index (χ1n) is 7.10. The van der Waals surface area contributed by atoms with Gasteiger partial charge in [-0.25, -0.2) is 0 Å². The number of ether oxygens (including phenoxy) is 3. The van der Waals surface area contributed by atoms with Gasteiger partial charge in [-0.3, -0.25) is 4.79 Å². The van der Waals surface area contributed by atoms with Crippen molar-refractivity contribution in [3.05, 3.63) is 23.8 Å². The van der Waals surface area contributed by atoms with Crippen molar-refractivity contribution in [3.63, 3.8) is 0 Å². The van der Waals surface area contributed by atoms with Gasteiger partial charge in [0.2, 0.25) is 0 Å². The lowest BCUT2D eigenvalue weighted by Gasteiger charge is -2.31. The van der Waals surface area contributed by atoms with Crippen LogP contribution in [0.25, 0.3) is 0 Å². The highest BCUT2D eigenvalue weighted by Crippen LogP contribution is 2.35. The van der Waals surface area contributed by atoms with E-state index in [1.54, 1.807) is 18.2 Å². The van der Waals surface area contributed by atoms with Gasteiger partial charge in [0.05, 0.1) is 18.6 Å². The Balaban J connectivity index is 1.63. The molecule has 0 atom stereocenters. The van der Waals surface area contributed by atoms with Crippen molar-refractivity contribution in [2.24, 2.45) is 5.92 Å². The second kappa shape index (κ2) is 5.09. The number of carbonyl (C=O) groups excluding carboxylic acids is 1. The monoisotopic (exact) mass is 276 g/mol. The van der Waals surface area contributed by atoms with Gasteiger partial charge in [0, 0.05) is 6.07 Å². The van der Waals surface area contributed by atoms with Gasteiger partial charge in [-0.05, 0) is 44.7 Å². The molecule has 20 heavy (non-hydrogen) atoms. The molecule has 0 N–H and O–H groups in total. The van der Waals surface area contributed by atoms with Crippen LogP contribution in [0.3, 0.4) is 0 Å². The van der Waals surface area contributed by atoms with Crippen molar-refractivity contribution >= 4 is 5.78 Å². The van der Waals surface area contributed by atoms with E-state index in [-0.39, 0.29) is 12.6 Å². The minimum absolute atomic E-state index is 0.118. The maximum atomic E-state index is 12.0. The molecule has 1 aromatic carbocycles. The van der Waals surface area contributed by atoms with Crippen molar-refractivity contribution in [2.45, 2.75) is 38.7 Å². The number of ketones is 1. The van der Waals surface area contributed by atoms with E-state index in [4.69, 9.17) is 14.2 Å². The van der Waals surface area contributed by atoms with Crippen molar-refractivity contribution in [1.29, 1.82) is 0 Å². The summed E-state index contributed by atoms with van der Waals surface area (Å²) < 4.78 is 16.8. The maximum Gasteiger partial charge on any atom is 0.189 e. The summed E-state index contributed by atoms with van der Waals surface area (Å²) in [7, 11) is 0. The molecule has 0 aromatic heterocycles. The van der Waals surface area contributed by atoms with Crippen LogP contribution in [-0.4, -0.2) is 24.8 Å². The van der Waals surface area contributed by atoms with Crippen molar-refractivity contribution in [2.75, 3.05) is 13.4 Å². The number of hydrogen-bond donors (Lipinski definition) is 0. The molecule has 1 aliphatic carbocycles. The summed E-state index contributed by atoms with van der Waals surface area (Å²) in [5.41, 5.74) is 0.182. The van der Waals surface area contributed by atoms with Crippen LogP contribution in [0.15, 0.2) is 18.2 Å². The summed E-state index contributed by atoms with van der Waals surface area (Å²) in [5.74, 6) is 2.12. The first kappa shape index (κ1) is 13.4. The molecule has 2 aliphatic rings. The molecule has 0 saturated heterocycles. The van der Waals surface area contributed by atoms with Gasteiger partial charge in [0.15, 0.2) is 12.6 Å². The lowest BCUT2D eigenvalue weighted by Crippen LogP contribution is -2.35. The first-order chi connectivity index (χ1) is 9.53. The van der Waals surface area contributed by atoms with Crippen LogP contribution in [0, 0.1) is 5.92 Å². The Morgan fingerprint density at radius 2 is 2.15 bits per heavy atom. The van der Waals surface area contributed by atoms with E-state index in [2.05, 4.69) is 0 Å². The summed E-state index contributed by atoms with van der Waals surface area (Å²) in [6.07, 6.45) is 2.94. The van der Waals surface area contributed by atoms with E-state index >= 15 is 0 Å². The zero-order chi connectivity index (χ0) is 14.2. The molecule has 0 amide bonds. The molecule has 108 valence electrons. The Bertz CT molecular complexity index is 517. The van der Waals surface area contributed by atoms with Gasteiger partial charge in [0.1, 0.15) is 17.1 Å². The molecule has 1 heterocycles. The fourth-order valence-corrected chi connectivity index (χ4v) is 2.33. The van der Waals surface area contributed by atoms with Crippen molar-refractivity contribution in [1.82, 2.24) is 0 Å². The SMILES string of the molecule is CC1(C)CC(=O)c2ccc(OCOCC3CC3)cc2O1. The highest BCUT2D eigenvalue weighted by Gasteiger charge is 2.32. The number of Topliss-reactive ketones (excluding diaryl/α,β-unsaturated/α-hetero) is 1. The third-order valence-electron chi connectivity index (χ3n) is 3.59. The van der Waals surface area contributed by atoms with Crippen molar-refractivity contribution in [3.8, 4) is 11.5 Å². The number of carbonyl (C=O) groups is 1. The maximum absolute atomic E-state index is 12.0. The molecule has 4 nitrogen and oxygen atoms in total. The van der Waals surface area contributed by atoms with Crippen LogP contribution in [0.2, 0.25) is 0 Å². The molecule has 0 unspecified atom stereocenters. The molecule has 1 aromatic rings. The summed E-state index contributed by atoms with van der Waals surface area (Å²) in [4.78, 5) is 12.0. The van der Waals surface area contributed by atoms with Gasteiger partial charge in [0.25, 0.3) is 0 Å². The predicted molar refractivity (Wildman–Crippen MR) is 74.3 cm³/mol. The predicted octanol–water partition coefficient (Wildman–Crippen LogP) is 3.19. The Morgan fingerprint density at radius 1 is 1.35 bits per heavy atom. The summed E-state index contributed by atoms with van der Waals surface area (Å²) in [5, 5.41) is 0. The minimum Gasteiger partial charge on any atom is -0.486 e. The van der Waals surface area contributed by atoms with E-state index in [0.29, 0.717) is 23.5 Å². The Kier molecular flexibility index (Phi) is 3.42. The number of hydrogen-bond acceptors (Lipinski definition) is 4. The van der Waals surface area contributed by atoms with E-state index in [0.717, 1.165) is 12.5 Å². The molecule has 1 saturated carbocycles. The summed E-state index contributed by atoms with van der Waals surface area (Å²) in [6.45, 7) is 4.85. The molecule has 0 bridgehead atoms. The normalized spacial score (nSPS) is 20.2. The van der Waals surface area contributed by atoms with Crippen LogP contribution < -0.4 is 9.47 Å². The van der Waals surface area contributed by atoms with Gasteiger partial charge >= 0.3 is 0 Å². The molecule has 4 heteroatoms. The number of rotatable bonds is 5. The lowest BCUT2D eigenvalue weighted by atomic mass is 9.93. The average Bonchev–Trinajstić information content (AvgIpc) is 3.16.